The third-order valence-electron chi connectivity index (χ3n) is 2.78. The molecule has 0 unspecified atom stereocenters. The van der Waals surface area contributed by atoms with E-state index >= 15 is 0 Å². The molecule has 6 heteroatoms. The molecule has 6 nitrogen and oxygen atoms in total. The van der Waals surface area contributed by atoms with Gasteiger partial charge in [-0.3, -0.25) is 9.59 Å². The van der Waals surface area contributed by atoms with E-state index in [1.54, 1.807) is 0 Å². The van der Waals surface area contributed by atoms with Crippen LogP contribution in [0.4, 0.5) is 0 Å². The largest absolute Gasteiger partial charge is 0.496 e. The SMILES string of the molecule is COC(=O)c1cc(OC)c2c(=O)cc(C(C)=O)oc2c1. The van der Waals surface area contributed by atoms with E-state index in [9.17, 15) is 14.4 Å². The molecule has 2 rings (SSSR count). The van der Waals surface area contributed by atoms with Crippen molar-refractivity contribution in [3.05, 3.63) is 39.7 Å². The second kappa shape index (κ2) is 5.16. The fraction of sp³-hybridized carbons (Fsp3) is 0.214. The minimum atomic E-state index is -0.596. The van der Waals surface area contributed by atoms with E-state index in [1.165, 1.54) is 33.3 Å². The number of rotatable bonds is 3. The van der Waals surface area contributed by atoms with E-state index in [2.05, 4.69) is 4.74 Å². The lowest BCUT2D eigenvalue weighted by atomic mass is 10.1. The first kappa shape index (κ1) is 13.8. The Kier molecular flexibility index (Phi) is 3.56. The van der Waals surface area contributed by atoms with Crippen molar-refractivity contribution < 1.29 is 23.5 Å². The van der Waals surface area contributed by atoms with Gasteiger partial charge in [-0.25, -0.2) is 4.79 Å². The molecule has 104 valence electrons. The lowest BCUT2D eigenvalue weighted by Gasteiger charge is -2.07. The minimum Gasteiger partial charge on any atom is -0.496 e. The Labute approximate surface area is 113 Å². The number of hydrogen-bond acceptors (Lipinski definition) is 6. The van der Waals surface area contributed by atoms with Crippen LogP contribution in [0.3, 0.4) is 0 Å². The molecular formula is C14H12O6. The van der Waals surface area contributed by atoms with Crippen molar-refractivity contribution in [2.24, 2.45) is 0 Å². The molecule has 1 aromatic heterocycles. The van der Waals surface area contributed by atoms with E-state index in [-0.39, 0.29) is 33.8 Å². The zero-order valence-electron chi connectivity index (χ0n) is 11.2. The lowest BCUT2D eigenvalue weighted by Crippen LogP contribution is -2.08. The van der Waals surface area contributed by atoms with Gasteiger partial charge in [-0.1, -0.05) is 0 Å². The number of methoxy groups -OCH3 is 2. The number of carbonyl (C=O) groups is 2. The third-order valence-corrected chi connectivity index (χ3v) is 2.78. The number of benzene rings is 1. The number of carbonyl (C=O) groups excluding carboxylic acids is 2. The van der Waals surface area contributed by atoms with Crippen LogP contribution in [-0.4, -0.2) is 26.0 Å². The van der Waals surface area contributed by atoms with Crippen molar-refractivity contribution >= 4 is 22.7 Å². The Morgan fingerprint density at radius 1 is 1.15 bits per heavy atom. The van der Waals surface area contributed by atoms with Crippen molar-refractivity contribution in [2.75, 3.05) is 14.2 Å². The van der Waals surface area contributed by atoms with Crippen LogP contribution < -0.4 is 10.2 Å². The molecule has 0 N–H and O–H groups in total. The maximum atomic E-state index is 12.0. The predicted octanol–water partition coefficient (Wildman–Crippen LogP) is 1.79. The van der Waals surface area contributed by atoms with Gasteiger partial charge in [-0.2, -0.15) is 0 Å². The highest BCUT2D eigenvalue weighted by molar-refractivity contribution is 5.98. The number of Topliss-reactive ketones (excluding diaryl/α,β-unsaturated/α-hetero) is 1. The Hall–Kier alpha value is -2.63. The zero-order chi connectivity index (χ0) is 14.9. The summed E-state index contributed by atoms with van der Waals surface area (Å²) < 4.78 is 15.0. The number of esters is 1. The van der Waals surface area contributed by atoms with Crippen LogP contribution in [0, 0.1) is 0 Å². The molecule has 0 amide bonds. The molecule has 0 atom stereocenters. The van der Waals surface area contributed by atoms with E-state index in [4.69, 9.17) is 9.15 Å². The Morgan fingerprint density at radius 2 is 1.85 bits per heavy atom. The van der Waals surface area contributed by atoms with Gasteiger partial charge in [0.05, 0.1) is 19.8 Å². The smallest absolute Gasteiger partial charge is 0.338 e. The van der Waals surface area contributed by atoms with E-state index in [0.717, 1.165) is 6.07 Å². The van der Waals surface area contributed by atoms with Crippen LogP contribution in [0.25, 0.3) is 11.0 Å². The summed E-state index contributed by atoms with van der Waals surface area (Å²) in [5.74, 6) is -0.870. The molecule has 0 spiro atoms. The monoisotopic (exact) mass is 276 g/mol. The summed E-state index contributed by atoms with van der Waals surface area (Å²) in [5.41, 5.74) is -0.145. The molecule has 2 aromatic rings. The zero-order valence-corrected chi connectivity index (χ0v) is 11.2. The highest BCUT2D eigenvalue weighted by Gasteiger charge is 2.17. The molecule has 0 radical (unpaired) electrons. The average molecular weight is 276 g/mol. The third kappa shape index (κ3) is 2.27. The Balaban J connectivity index is 2.84. The molecule has 0 saturated carbocycles. The van der Waals surface area contributed by atoms with E-state index in [0.29, 0.717) is 0 Å². The molecule has 0 saturated heterocycles. The molecule has 0 bridgehead atoms. The number of hydrogen-bond donors (Lipinski definition) is 0. The summed E-state index contributed by atoms with van der Waals surface area (Å²) in [7, 11) is 2.61. The summed E-state index contributed by atoms with van der Waals surface area (Å²) >= 11 is 0. The standard InChI is InChI=1S/C14H12O6/c1-7(15)10-6-9(16)13-11(18-2)4-8(14(17)19-3)5-12(13)20-10/h4-6H,1-3H3. The number of fused-ring (bicyclic) bond motifs is 1. The summed E-state index contributed by atoms with van der Waals surface area (Å²) in [6.07, 6.45) is 0. The van der Waals surface area contributed by atoms with E-state index < -0.39 is 11.4 Å². The van der Waals surface area contributed by atoms with Crippen molar-refractivity contribution in [1.82, 2.24) is 0 Å². The van der Waals surface area contributed by atoms with Crippen LogP contribution in [0.15, 0.2) is 27.4 Å². The van der Waals surface area contributed by atoms with Crippen molar-refractivity contribution in [3.63, 3.8) is 0 Å². The maximum Gasteiger partial charge on any atom is 0.338 e. The first-order valence-electron chi connectivity index (χ1n) is 5.73. The average Bonchev–Trinajstić information content (AvgIpc) is 2.44. The van der Waals surface area contributed by atoms with Crippen molar-refractivity contribution in [3.8, 4) is 5.75 Å². The second-order valence-electron chi connectivity index (χ2n) is 4.07. The molecule has 20 heavy (non-hydrogen) atoms. The minimum absolute atomic E-state index is 0.0773. The fourth-order valence-electron chi connectivity index (χ4n) is 1.82. The van der Waals surface area contributed by atoms with Gasteiger partial charge in [-0.15, -0.1) is 0 Å². The molecule has 1 heterocycles. The van der Waals surface area contributed by atoms with Gasteiger partial charge in [-0.05, 0) is 12.1 Å². The van der Waals surface area contributed by atoms with E-state index in [1.807, 2.05) is 0 Å². The Bertz CT molecular complexity index is 756. The fourth-order valence-corrected chi connectivity index (χ4v) is 1.82. The van der Waals surface area contributed by atoms with Gasteiger partial charge >= 0.3 is 5.97 Å². The molecule has 1 aromatic carbocycles. The second-order valence-corrected chi connectivity index (χ2v) is 4.07. The van der Waals surface area contributed by atoms with Gasteiger partial charge in [0.1, 0.15) is 16.7 Å². The summed E-state index contributed by atoms with van der Waals surface area (Å²) in [6.45, 7) is 1.28. The first-order chi connectivity index (χ1) is 9.47. The summed E-state index contributed by atoms with van der Waals surface area (Å²) in [5, 5.41) is 0.171. The van der Waals surface area contributed by atoms with Gasteiger partial charge in [0, 0.05) is 13.0 Å². The van der Waals surface area contributed by atoms with Crippen molar-refractivity contribution in [1.29, 1.82) is 0 Å². The number of ketones is 1. The molecule has 0 aliphatic heterocycles. The molecular weight excluding hydrogens is 264 g/mol. The van der Waals surface area contributed by atoms with Crippen LogP contribution in [0.1, 0.15) is 27.8 Å². The normalized spacial score (nSPS) is 10.3. The van der Waals surface area contributed by atoms with Gasteiger partial charge < -0.3 is 13.9 Å². The van der Waals surface area contributed by atoms with Crippen LogP contribution in [-0.2, 0) is 4.74 Å². The lowest BCUT2D eigenvalue weighted by molar-refractivity contribution is 0.0600. The van der Waals surface area contributed by atoms with Crippen LogP contribution in [0.5, 0.6) is 5.75 Å². The highest BCUT2D eigenvalue weighted by Crippen LogP contribution is 2.26. The first-order valence-corrected chi connectivity index (χ1v) is 5.73. The molecule has 0 fully saturated rings. The van der Waals surface area contributed by atoms with Crippen LogP contribution in [0.2, 0.25) is 0 Å². The summed E-state index contributed by atoms with van der Waals surface area (Å²) in [4.78, 5) is 34.9. The topological polar surface area (TPSA) is 82.8 Å². The Morgan fingerprint density at radius 3 is 2.40 bits per heavy atom. The van der Waals surface area contributed by atoms with Gasteiger partial charge in [0.15, 0.2) is 17.0 Å². The molecule has 0 aliphatic carbocycles. The number of ether oxygens (including phenoxy) is 2. The van der Waals surface area contributed by atoms with Crippen LogP contribution >= 0.6 is 0 Å². The molecule has 0 aliphatic rings. The quantitative estimate of drug-likeness (QED) is 0.627. The predicted molar refractivity (Wildman–Crippen MR) is 70.4 cm³/mol. The highest BCUT2D eigenvalue weighted by atomic mass is 16.5. The van der Waals surface area contributed by atoms with Gasteiger partial charge in [0.25, 0.3) is 0 Å². The van der Waals surface area contributed by atoms with Gasteiger partial charge in [0.2, 0.25) is 0 Å². The maximum absolute atomic E-state index is 12.0. The van der Waals surface area contributed by atoms with Crippen molar-refractivity contribution in [2.45, 2.75) is 6.92 Å². The summed E-state index contributed by atoms with van der Waals surface area (Å²) in [6, 6.07) is 3.83.